The Morgan fingerprint density at radius 3 is 2.81 bits per heavy atom. The van der Waals surface area contributed by atoms with Crippen LogP contribution in [0, 0.1) is 5.82 Å². The Kier molecular flexibility index (Phi) is 4.29. The molecule has 2 unspecified atom stereocenters. The van der Waals surface area contributed by atoms with Gasteiger partial charge in [-0.3, -0.25) is 0 Å². The lowest BCUT2D eigenvalue weighted by Gasteiger charge is -2.29. The van der Waals surface area contributed by atoms with Crippen LogP contribution in [0.25, 0.3) is 0 Å². The van der Waals surface area contributed by atoms with Gasteiger partial charge in [-0.15, -0.1) is 0 Å². The summed E-state index contributed by atoms with van der Waals surface area (Å²) >= 11 is 3.79. The molecule has 1 aliphatic rings. The fraction of sp³-hybridized carbons (Fsp3) is 0.333. The third-order valence-corrected chi connectivity index (χ3v) is 5.43. The van der Waals surface area contributed by atoms with Gasteiger partial charge in [0.25, 0.3) is 0 Å². The van der Waals surface area contributed by atoms with Gasteiger partial charge in [0.15, 0.2) is 11.6 Å². The van der Waals surface area contributed by atoms with Crippen molar-refractivity contribution in [3.63, 3.8) is 0 Å². The van der Waals surface area contributed by atoms with Crippen LogP contribution in [0.15, 0.2) is 42.5 Å². The Hall–Kier alpha value is -1.35. The van der Waals surface area contributed by atoms with Gasteiger partial charge in [0.1, 0.15) is 0 Å². The van der Waals surface area contributed by atoms with E-state index in [-0.39, 0.29) is 10.6 Å². The van der Waals surface area contributed by atoms with Crippen LogP contribution in [0.2, 0.25) is 0 Å². The molecule has 110 valence electrons. The molecular formula is C18H18BrFO. The first kappa shape index (κ1) is 14.6. The van der Waals surface area contributed by atoms with Crippen LogP contribution >= 0.6 is 15.9 Å². The fourth-order valence-corrected chi connectivity index (χ4v) is 4.02. The summed E-state index contributed by atoms with van der Waals surface area (Å²) in [7, 11) is 1.49. The smallest absolute Gasteiger partial charge is 0.165 e. The summed E-state index contributed by atoms with van der Waals surface area (Å²) in [5.41, 5.74) is 3.78. The van der Waals surface area contributed by atoms with Gasteiger partial charge in [-0.1, -0.05) is 46.3 Å². The number of hydrogen-bond acceptors (Lipinski definition) is 1. The van der Waals surface area contributed by atoms with Gasteiger partial charge in [-0.25, -0.2) is 4.39 Å². The molecule has 0 saturated heterocycles. The van der Waals surface area contributed by atoms with Gasteiger partial charge in [0.05, 0.1) is 7.11 Å². The molecule has 1 aliphatic carbocycles. The minimum Gasteiger partial charge on any atom is -0.494 e. The van der Waals surface area contributed by atoms with E-state index in [1.165, 1.54) is 24.7 Å². The third-order valence-electron chi connectivity index (χ3n) is 4.26. The number of hydrogen-bond donors (Lipinski definition) is 0. The number of fused-ring (bicyclic) bond motifs is 1. The van der Waals surface area contributed by atoms with E-state index in [2.05, 4.69) is 40.2 Å². The molecular weight excluding hydrogens is 331 g/mol. The monoisotopic (exact) mass is 348 g/mol. The number of halogens is 2. The predicted octanol–water partition coefficient (Wildman–Crippen LogP) is 5.39. The first-order valence-corrected chi connectivity index (χ1v) is 8.17. The van der Waals surface area contributed by atoms with Crippen LogP contribution in [0.1, 0.15) is 40.3 Å². The lowest BCUT2D eigenvalue weighted by molar-refractivity contribution is 0.386. The van der Waals surface area contributed by atoms with Crippen LogP contribution in [-0.4, -0.2) is 7.11 Å². The van der Waals surface area contributed by atoms with Crippen molar-refractivity contribution in [1.29, 1.82) is 0 Å². The highest BCUT2D eigenvalue weighted by molar-refractivity contribution is 9.09. The zero-order chi connectivity index (χ0) is 14.8. The van der Waals surface area contributed by atoms with Crippen molar-refractivity contribution in [2.75, 3.05) is 7.11 Å². The highest BCUT2D eigenvalue weighted by Gasteiger charge is 2.27. The number of rotatable bonds is 3. The van der Waals surface area contributed by atoms with E-state index in [0.29, 0.717) is 11.7 Å². The number of alkyl halides is 1. The summed E-state index contributed by atoms with van der Waals surface area (Å²) in [4.78, 5) is 0.124. The van der Waals surface area contributed by atoms with E-state index in [9.17, 15) is 4.39 Å². The summed E-state index contributed by atoms with van der Waals surface area (Å²) < 4.78 is 18.9. The molecule has 3 heteroatoms. The van der Waals surface area contributed by atoms with Crippen molar-refractivity contribution in [2.45, 2.75) is 30.0 Å². The predicted molar refractivity (Wildman–Crippen MR) is 86.7 cm³/mol. The summed E-state index contributed by atoms with van der Waals surface area (Å²) in [6.07, 6.45) is 3.45. The Labute approximate surface area is 133 Å². The normalized spacial score (nSPS) is 18.9. The highest BCUT2D eigenvalue weighted by atomic mass is 79.9. The molecule has 0 amide bonds. The second-order valence-electron chi connectivity index (χ2n) is 5.49. The lowest BCUT2D eigenvalue weighted by Crippen LogP contribution is -2.14. The average molecular weight is 349 g/mol. The van der Waals surface area contributed by atoms with Crippen molar-refractivity contribution in [3.8, 4) is 5.75 Å². The molecule has 0 aliphatic heterocycles. The quantitative estimate of drug-likeness (QED) is 0.675. The summed E-state index contributed by atoms with van der Waals surface area (Å²) in [6.45, 7) is 0. The average Bonchev–Trinajstić information content (AvgIpc) is 2.53. The molecule has 0 heterocycles. The highest BCUT2D eigenvalue weighted by Crippen LogP contribution is 2.45. The van der Waals surface area contributed by atoms with Crippen LogP contribution in [0.5, 0.6) is 5.75 Å². The molecule has 0 saturated carbocycles. The summed E-state index contributed by atoms with van der Waals surface area (Å²) in [6, 6.07) is 13.8. The zero-order valence-corrected chi connectivity index (χ0v) is 13.6. The van der Waals surface area contributed by atoms with E-state index in [1.807, 2.05) is 6.07 Å². The first-order chi connectivity index (χ1) is 10.2. The Bertz CT molecular complexity index is 641. The van der Waals surface area contributed by atoms with Gasteiger partial charge in [-0.05, 0) is 48.1 Å². The Balaban J connectivity index is 1.92. The van der Waals surface area contributed by atoms with Crippen molar-refractivity contribution in [2.24, 2.45) is 0 Å². The van der Waals surface area contributed by atoms with Crippen LogP contribution < -0.4 is 4.74 Å². The molecule has 0 spiro atoms. The van der Waals surface area contributed by atoms with Crippen molar-refractivity contribution in [3.05, 3.63) is 65.0 Å². The summed E-state index contributed by atoms with van der Waals surface area (Å²) in [5, 5.41) is 0. The molecule has 0 fully saturated rings. The lowest BCUT2D eigenvalue weighted by atomic mass is 9.79. The molecule has 0 N–H and O–H groups in total. The number of methoxy groups -OCH3 is 1. The van der Waals surface area contributed by atoms with Gasteiger partial charge < -0.3 is 4.74 Å². The Morgan fingerprint density at radius 2 is 2.05 bits per heavy atom. The maximum atomic E-state index is 13.9. The van der Waals surface area contributed by atoms with Gasteiger partial charge >= 0.3 is 0 Å². The second-order valence-corrected chi connectivity index (χ2v) is 6.48. The van der Waals surface area contributed by atoms with E-state index >= 15 is 0 Å². The van der Waals surface area contributed by atoms with Gasteiger partial charge in [0, 0.05) is 10.7 Å². The van der Waals surface area contributed by atoms with E-state index in [4.69, 9.17) is 4.74 Å². The maximum Gasteiger partial charge on any atom is 0.165 e. The summed E-state index contributed by atoms with van der Waals surface area (Å²) in [5.74, 6) is 0.383. The molecule has 0 aromatic heterocycles. The molecule has 3 rings (SSSR count). The van der Waals surface area contributed by atoms with Crippen molar-refractivity contribution >= 4 is 15.9 Å². The minimum atomic E-state index is -0.302. The van der Waals surface area contributed by atoms with Gasteiger partial charge in [0.2, 0.25) is 0 Å². The minimum absolute atomic E-state index is 0.124. The zero-order valence-electron chi connectivity index (χ0n) is 12.0. The Morgan fingerprint density at radius 1 is 1.24 bits per heavy atom. The van der Waals surface area contributed by atoms with E-state index in [1.54, 1.807) is 12.1 Å². The second kappa shape index (κ2) is 6.18. The largest absolute Gasteiger partial charge is 0.494 e. The molecule has 2 aromatic rings. The molecule has 0 bridgehead atoms. The molecule has 21 heavy (non-hydrogen) atoms. The standard InChI is InChI=1S/C18H18BrFO/c1-21-17-10-9-13(11-16(17)20)18(19)15-8-4-6-12-5-2-3-7-14(12)15/h2-3,5,7,9-11,15,18H,4,6,8H2,1H3. The number of aryl methyl sites for hydroxylation is 1. The molecule has 2 aromatic carbocycles. The molecule has 2 atom stereocenters. The SMILES string of the molecule is COc1ccc(C(Br)C2CCCc3ccccc32)cc1F. The third kappa shape index (κ3) is 2.84. The van der Waals surface area contributed by atoms with Gasteiger partial charge in [-0.2, -0.15) is 0 Å². The van der Waals surface area contributed by atoms with Crippen LogP contribution in [0.4, 0.5) is 4.39 Å². The van der Waals surface area contributed by atoms with Crippen LogP contribution in [-0.2, 0) is 6.42 Å². The van der Waals surface area contributed by atoms with Crippen molar-refractivity contribution < 1.29 is 9.13 Å². The molecule has 0 radical (unpaired) electrons. The topological polar surface area (TPSA) is 9.23 Å². The first-order valence-electron chi connectivity index (χ1n) is 7.26. The van der Waals surface area contributed by atoms with E-state index in [0.717, 1.165) is 18.4 Å². The maximum absolute atomic E-state index is 13.9. The number of benzene rings is 2. The molecule has 1 nitrogen and oxygen atoms in total. The number of ether oxygens (including phenoxy) is 1. The van der Waals surface area contributed by atoms with Crippen LogP contribution in [0.3, 0.4) is 0 Å². The fourth-order valence-electron chi connectivity index (χ4n) is 3.18. The van der Waals surface area contributed by atoms with Crippen molar-refractivity contribution in [1.82, 2.24) is 0 Å². The van der Waals surface area contributed by atoms with E-state index < -0.39 is 0 Å².